The van der Waals surface area contributed by atoms with Gasteiger partial charge in [0.2, 0.25) is 0 Å². The molecule has 3 rings (SSSR count). The lowest BCUT2D eigenvalue weighted by Gasteiger charge is -2.29. The van der Waals surface area contributed by atoms with Crippen LogP contribution >= 0.6 is 23.7 Å². The summed E-state index contributed by atoms with van der Waals surface area (Å²) in [4.78, 5) is 23.6. The Kier molecular flexibility index (Phi) is 4.85. The molecule has 8 heteroatoms. The number of carbonyl (C=O) groups is 1. The van der Waals surface area contributed by atoms with E-state index in [-0.39, 0.29) is 30.0 Å². The Bertz CT molecular complexity index is 551. The number of nitro groups is 1. The van der Waals surface area contributed by atoms with Crippen LogP contribution in [0.1, 0.15) is 40.2 Å². The predicted molar refractivity (Wildman–Crippen MR) is 83.4 cm³/mol. The molecule has 0 saturated carbocycles. The number of halogens is 1. The van der Waals surface area contributed by atoms with E-state index in [1.165, 1.54) is 30.2 Å². The topological polar surface area (TPSA) is 84.3 Å². The fraction of sp³-hybridized carbons (Fsp3) is 0.615. The second-order valence-electron chi connectivity index (χ2n) is 5.59. The number of fused-ring (bicyclic) bond motifs is 2. The van der Waals surface area contributed by atoms with Gasteiger partial charge in [-0.25, -0.2) is 0 Å². The number of nitrogens with one attached hydrogen (secondary N) is 2. The lowest BCUT2D eigenvalue weighted by molar-refractivity contribution is -0.385. The van der Waals surface area contributed by atoms with E-state index in [2.05, 4.69) is 10.6 Å². The van der Waals surface area contributed by atoms with Crippen molar-refractivity contribution in [3.63, 3.8) is 0 Å². The van der Waals surface area contributed by atoms with Crippen molar-refractivity contribution in [3.05, 3.63) is 25.9 Å². The van der Waals surface area contributed by atoms with Crippen LogP contribution in [0.5, 0.6) is 0 Å². The van der Waals surface area contributed by atoms with Gasteiger partial charge in [-0.2, -0.15) is 0 Å². The molecule has 1 amide bonds. The van der Waals surface area contributed by atoms with Crippen molar-refractivity contribution < 1.29 is 9.72 Å². The summed E-state index contributed by atoms with van der Waals surface area (Å²) >= 11 is 1.19. The smallest absolute Gasteiger partial charge is 0.283 e. The van der Waals surface area contributed by atoms with Gasteiger partial charge < -0.3 is 10.6 Å². The van der Waals surface area contributed by atoms with E-state index >= 15 is 0 Å². The number of carbonyl (C=O) groups excluding carboxylic acids is 1. The van der Waals surface area contributed by atoms with E-state index < -0.39 is 4.92 Å². The number of amides is 1. The standard InChI is InChI=1S/C13H17N3O3S.ClH/c1-7-11(16(18)19)6-12(20-7)13(17)15-10-4-8-2-3-9(5-10)14-8;/h6,8-10,14H,2-5H2,1H3,(H,15,17);1H. The van der Waals surface area contributed by atoms with Gasteiger partial charge in [0.05, 0.1) is 14.7 Å². The Morgan fingerprint density at radius 3 is 2.57 bits per heavy atom. The average molecular weight is 332 g/mol. The summed E-state index contributed by atoms with van der Waals surface area (Å²) in [6, 6.07) is 2.59. The zero-order chi connectivity index (χ0) is 14.3. The molecule has 3 heterocycles. The maximum Gasteiger partial charge on any atom is 0.283 e. The summed E-state index contributed by atoms with van der Waals surface area (Å²) in [6.45, 7) is 1.67. The van der Waals surface area contributed by atoms with Crippen molar-refractivity contribution >= 4 is 35.3 Å². The van der Waals surface area contributed by atoms with Crippen LogP contribution < -0.4 is 10.6 Å². The van der Waals surface area contributed by atoms with Crippen molar-refractivity contribution in [2.45, 2.75) is 50.7 Å². The highest BCUT2D eigenvalue weighted by molar-refractivity contribution is 7.14. The molecule has 2 aliphatic rings. The second-order valence-corrected chi connectivity index (χ2v) is 6.85. The van der Waals surface area contributed by atoms with Crippen molar-refractivity contribution in [2.75, 3.05) is 0 Å². The van der Waals surface area contributed by atoms with Gasteiger partial charge >= 0.3 is 0 Å². The van der Waals surface area contributed by atoms with Gasteiger partial charge in [0.15, 0.2) is 0 Å². The number of aryl methyl sites for hydroxylation is 1. The molecule has 0 radical (unpaired) electrons. The van der Waals surface area contributed by atoms with Gasteiger partial charge in [-0.15, -0.1) is 23.7 Å². The zero-order valence-electron chi connectivity index (χ0n) is 11.6. The van der Waals surface area contributed by atoms with Crippen LogP contribution in [0.3, 0.4) is 0 Å². The van der Waals surface area contributed by atoms with E-state index in [0.29, 0.717) is 21.8 Å². The number of hydrogen-bond acceptors (Lipinski definition) is 5. The highest BCUT2D eigenvalue weighted by Gasteiger charge is 2.34. The SMILES string of the molecule is Cc1sc(C(=O)NC2CC3CCC(C2)N3)cc1[N+](=O)[O-].Cl. The number of piperidine rings is 1. The number of nitrogens with zero attached hydrogens (tertiary/aromatic N) is 1. The van der Waals surface area contributed by atoms with Crippen LogP contribution in [0.15, 0.2) is 6.07 Å². The average Bonchev–Trinajstić information content (AvgIpc) is 2.93. The van der Waals surface area contributed by atoms with Gasteiger partial charge in [-0.3, -0.25) is 14.9 Å². The first-order chi connectivity index (χ1) is 9.52. The summed E-state index contributed by atoms with van der Waals surface area (Å²) in [6.07, 6.45) is 4.27. The second kappa shape index (κ2) is 6.29. The van der Waals surface area contributed by atoms with Crippen LogP contribution in [0.25, 0.3) is 0 Å². The lowest BCUT2D eigenvalue weighted by atomic mass is 10.00. The van der Waals surface area contributed by atoms with Gasteiger partial charge in [-0.1, -0.05) is 0 Å². The highest BCUT2D eigenvalue weighted by Crippen LogP contribution is 2.30. The molecule has 116 valence electrons. The molecule has 0 aromatic carbocycles. The maximum atomic E-state index is 12.2. The third kappa shape index (κ3) is 3.36. The zero-order valence-corrected chi connectivity index (χ0v) is 13.3. The monoisotopic (exact) mass is 331 g/mol. The van der Waals surface area contributed by atoms with Crippen LogP contribution in [0.4, 0.5) is 5.69 Å². The predicted octanol–water partition coefficient (Wildman–Crippen LogP) is 2.40. The third-order valence-electron chi connectivity index (χ3n) is 4.12. The first-order valence-electron chi connectivity index (χ1n) is 6.84. The first kappa shape index (κ1) is 16.2. The van der Waals surface area contributed by atoms with E-state index in [4.69, 9.17) is 0 Å². The van der Waals surface area contributed by atoms with Crippen LogP contribution in [-0.4, -0.2) is 29.0 Å². The molecule has 2 atom stereocenters. The molecular weight excluding hydrogens is 314 g/mol. The Morgan fingerprint density at radius 2 is 2.05 bits per heavy atom. The first-order valence-corrected chi connectivity index (χ1v) is 7.66. The number of rotatable bonds is 3. The largest absolute Gasteiger partial charge is 0.348 e. The van der Waals surface area contributed by atoms with Crippen molar-refractivity contribution in [1.82, 2.24) is 10.6 Å². The molecule has 2 unspecified atom stereocenters. The molecule has 21 heavy (non-hydrogen) atoms. The summed E-state index contributed by atoms with van der Waals surface area (Å²) < 4.78 is 0. The Balaban J connectivity index is 0.00000161. The normalized spacial score (nSPS) is 27.0. The van der Waals surface area contributed by atoms with Crippen molar-refractivity contribution in [2.24, 2.45) is 0 Å². The van der Waals surface area contributed by atoms with Crippen LogP contribution in [0.2, 0.25) is 0 Å². The Labute approximate surface area is 132 Å². The number of thiophene rings is 1. The third-order valence-corrected chi connectivity index (χ3v) is 5.16. The van der Waals surface area contributed by atoms with E-state index in [9.17, 15) is 14.9 Å². The van der Waals surface area contributed by atoms with Gasteiger partial charge in [-0.05, 0) is 32.6 Å². The molecule has 2 N–H and O–H groups in total. The van der Waals surface area contributed by atoms with Crippen molar-refractivity contribution in [3.8, 4) is 0 Å². The summed E-state index contributed by atoms with van der Waals surface area (Å²) in [5.41, 5.74) is 0.0329. The lowest BCUT2D eigenvalue weighted by Crippen LogP contribution is -2.47. The van der Waals surface area contributed by atoms with E-state index in [1.807, 2.05) is 0 Å². The fourth-order valence-electron chi connectivity index (χ4n) is 3.20. The summed E-state index contributed by atoms with van der Waals surface area (Å²) in [5.74, 6) is -0.183. The van der Waals surface area contributed by atoms with Gasteiger partial charge in [0, 0.05) is 24.2 Å². The molecule has 2 saturated heterocycles. The van der Waals surface area contributed by atoms with E-state index in [0.717, 1.165) is 12.8 Å². The maximum absolute atomic E-state index is 12.2. The minimum atomic E-state index is -0.437. The molecule has 1 aromatic heterocycles. The molecule has 1 aromatic rings. The van der Waals surface area contributed by atoms with Crippen LogP contribution in [-0.2, 0) is 0 Å². The summed E-state index contributed by atoms with van der Waals surface area (Å²) in [5, 5.41) is 17.4. The highest BCUT2D eigenvalue weighted by atomic mass is 35.5. The number of hydrogen-bond donors (Lipinski definition) is 2. The summed E-state index contributed by atoms with van der Waals surface area (Å²) in [7, 11) is 0. The Hall–Kier alpha value is -1.18. The van der Waals surface area contributed by atoms with Gasteiger partial charge in [0.1, 0.15) is 0 Å². The molecule has 2 fully saturated rings. The van der Waals surface area contributed by atoms with Gasteiger partial charge in [0.25, 0.3) is 11.6 Å². The van der Waals surface area contributed by atoms with Crippen LogP contribution in [0, 0.1) is 17.0 Å². The molecule has 0 spiro atoms. The molecule has 6 nitrogen and oxygen atoms in total. The quantitative estimate of drug-likeness (QED) is 0.658. The molecule has 0 aliphatic carbocycles. The minimum absolute atomic E-state index is 0. The van der Waals surface area contributed by atoms with Crippen molar-refractivity contribution in [1.29, 1.82) is 0 Å². The molecule has 2 aliphatic heterocycles. The molecule has 2 bridgehead atoms. The minimum Gasteiger partial charge on any atom is -0.348 e. The fourth-order valence-corrected chi connectivity index (χ4v) is 4.09. The molecular formula is C13H18ClN3O3S. The Morgan fingerprint density at radius 1 is 1.43 bits per heavy atom. The van der Waals surface area contributed by atoms with E-state index in [1.54, 1.807) is 6.92 Å².